The lowest BCUT2D eigenvalue weighted by atomic mass is 9.98. The summed E-state index contributed by atoms with van der Waals surface area (Å²) in [6.07, 6.45) is 2.66. The Balaban J connectivity index is 1.90. The van der Waals surface area contributed by atoms with Crippen molar-refractivity contribution in [1.29, 1.82) is 0 Å². The fourth-order valence-corrected chi connectivity index (χ4v) is 2.86. The van der Waals surface area contributed by atoms with Gasteiger partial charge in [-0.15, -0.1) is 0 Å². The summed E-state index contributed by atoms with van der Waals surface area (Å²) >= 11 is 0. The molecule has 0 spiro atoms. The average molecular weight is 310 g/mol. The van der Waals surface area contributed by atoms with Gasteiger partial charge < -0.3 is 10.6 Å². The monoisotopic (exact) mass is 310 g/mol. The Morgan fingerprint density at radius 1 is 1.26 bits per heavy atom. The summed E-state index contributed by atoms with van der Waals surface area (Å²) in [6, 6.07) is 6.92. The summed E-state index contributed by atoms with van der Waals surface area (Å²) < 4.78 is 1.77. The van der Waals surface area contributed by atoms with E-state index in [1.807, 2.05) is 13.2 Å². The number of aromatic nitrogens is 2. The van der Waals surface area contributed by atoms with Crippen molar-refractivity contribution in [2.24, 2.45) is 12.8 Å². The SMILES string of the molecule is C=C(C(N)=O)c1ccccc1C(=O)N1CCc2nn(C)cc2C1. The number of carbonyl (C=O) groups is 2. The maximum Gasteiger partial charge on any atom is 0.254 e. The average Bonchev–Trinajstić information content (AvgIpc) is 2.92. The predicted molar refractivity (Wildman–Crippen MR) is 86.3 cm³/mol. The van der Waals surface area contributed by atoms with Crippen LogP contribution in [-0.4, -0.2) is 33.0 Å². The first-order chi connectivity index (χ1) is 11.0. The van der Waals surface area contributed by atoms with E-state index in [-0.39, 0.29) is 11.5 Å². The standard InChI is InChI=1S/C17H18N4O2/c1-11(16(18)22)13-5-3-4-6-14(13)17(23)21-8-7-15-12(10-21)9-20(2)19-15/h3-6,9H,1,7-8,10H2,2H3,(H2,18,22). The maximum absolute atomic E-state index is 12.9. The van der Waals surface area contributed by atoms with Gasteiger partial charge in [-0.1, -0.05) is 24.8 Å². The van der Waals surface area contributed by atoms with Crippen LogP contribution in [-0.2, 0) is 24.8 Å². The highest BCUT2D eigenvalue weighted by Crippen LogP contribution is 2.23. The fraction of sp³-hybridized carbons (Fsp3) is 0.235. The van der Waals surface area contributed by atoms with E-state index >= 15 is 0 Å². The van der Waals surface area contributed by atoms with E-state index in [1.165, 1.54) is 0 Å². The molecule has 23 heavy (non-hydrogen) atoms. The summed E-state index contributed by atoms with van der Waals surface area (Å²) in [4.78, 5) is 26.0. The van der Waals surface area contributed by atoms with Gasteiger partial charge in [0.2, 0.25) is 5.91 Å². The molecule has 2 heterocycles. The van der Waals surface area contributed by atoms with Gasteiger partial charge in [0.05, 0.1) is 5.69 Å². The van der Waals surface area contributed by atoms with Gasteiger partial charge in [0.25, 0.3) is 5.91 Å². The fourth-order valence-electron chi connectivity index (χ4n) is 2.86. The number of nitrogens with two attached hydrogens (primary N) is 1. The van der Waals surface area contributed by atoms with Crippen molar-refractivity contribution in [1.82, 2.24) is 14.7 Å². The topological polar surface area (TPSA) is 81.2 Å². The minimum absolute atomic E-state index is 0.127. The highest BCUT2D eigenvalue weighted by molar-refractivity contribution is 6.20. The first-order valence-corrected chi connectivity index (χ1v) is 7.36. The number of benzene rings is 1. The number of nitrogens with zero attached hydrogens (tertiary/aromatic N) is 3. The number of fused-ring (bicyclic) bond motifs is 1. The quantitative estimate of drug-likeness (QED) is 0.863. The molecule has 1 aromatic carbocycles. The molecule has 0 saturated carbocycles. The van der Waals surface area contributed by atoms with Crippen molar-refractivity contribution in [3.63, 3.8) is 0 Å². The Morgan fingerprint density at radius 3 is 2.65 bits per heavy atom. The van der Waals surface area contributed by atoms with Gasteiger partial charge in [-0.2, -0.15) is 5.10 Å². The molecule has 2 amide bonds. The molecule has 2 N–H and O–H groups in total. The van der Waals surface area contributed by atoms with E-state index in [4.69, 9.17) is 5.73 Å². The van der Waals surface area contributed by atoms with E-state index in [2.05, 4.69) is 11.7 Å². The first kappa shape index (κ1) is 15.0. The Bertz CT molecular complexity index is 807. The highest BCUT2D eigenvalue weighted by atomic mass is 16.2. The minimum Gasteiger partial charge on any atom is -0.366 e. The van der Waals surface area contributed by atoms with Crippen molar-refractivity contribution in [3.05, 3.63) is 59.4 Å². The van der Waals surface area contributed by atoms with Gasteiger partial charge in [-0.05, 0) is 11.6 Å². The van der Waals surface area contributed by atoms with Crippen LogP contribution in [0.25, 0.3) is 5.57 Å². The summed E-state index contributed by atoms with van der Waals surface area (Å²) in [5, 5.41) is 4.39. The third-order valence-corrected chi connectivity index (χ3v) is 4.04. The second-order valence-electron chi connectivity index (χ2n) is 5.64. The van der Waals surface area contributed by atoms with Gasteiger partial charge in [0.15, 0.2) is 0 Å². The van der Waals surface area contributed by atoms with Crippen molar-refractivity contribution in [3.8, 4) is 0 Å². The van der Waals surface area contributed by atoms with Gasteiger partial charge in [0, 0.05) is 49.5 Å². The highest BCUT2D eigenvalue weighted by Gasteiger charge is 2.26. The Kier molecular flexibility index (Phi) is 3.73. The summed E-state index contributed by atoms with van der Waals surface area (Å²) in [5.74, 6) is -0.754. The molecule has 0 atom stereocenters. The molecule has 6 nitrogen and oxygen atoms in total. The Morgan fingerprint density at radius 2 is 1.96 bits per heavy atom. The van der Waals surface area contributed by atoms with E-state index < -0.39 is 5.91 Å². The molecule has 0 radical (unpaired) electrons. The molecule has 0 unspecified atom stereocenters. The van der Waals surface area contributed by atoms with Crippen LogP contribution in [0, 0.1) is 0 Å². The maximum atomic E-state index is 12.9. The molecular formula is C17H18N4O2. The molecule has 0 saturated heterocycles. The predicted octanol–water partition coefficient (Wildman–Crippen LogP) is 1.12. The molecule has 6 heteroatoms. The second kappa shape index (κ2) is 5.72. The molecular weight excluding hydrogens is 292 g/mol. The van der Waals surface area contributed by atoms with Crippen LogP contribution in [0.3, 0.4) is 0 Å². The zero-order valence-electron chi connectivity index (χ0n) is 13.0. The van der Waals surface area contributed by atoms with E-state index in [1.54, 1.807) is 33.8 Å². The third-order valence-electron chi connectivity index (χ3n) is 4.04. The lowest BCUT2D eigenvalue weighted by molar-refractivity contribution is -0.112. The van der Waals surface area contributed by atoms with Gasteiger partial charge in [-0.3, -0.25) is 14.3 Å². The Hall–Kier alpha value is -2.89. The van der Waals surface area contributed by atoms with Crippen LogP contribution in [0.15, 0.2) is 37.0 Å². The first-order valence-electron chi connectivity index (χ1n) is 7.36. The number of amides is 2. The number of hydrogen-bond donors (Lipinski definition) is 1. The summed E-state index contributed by atoms with van der Waals surface area (Å²) in [7, 11) is 1.87. The summed E-state index contributed by atoms with van der Waals surface area (Å²) in [5.41, 5.74) is 8.48. The third kappa shape index (κ3) is 2.75. The van der Waals surface area contributed by atoms with E-state index in [9.17, 15) is 9.59 Å². The number of primary amides is 1. The molecule has 0 bridgehead atoms. The number of aryl methyl sites for hydroxylation is 1. The molecule has 2 aromatic rings. The minimum atomic E-state index is -0.626. The van der Waals surface area contributed by atoms with Crippen LogP contribution in [0.2, 0.25) is 0 Å². The van der Waals surface area contributed by atoms with Crippen molar-refractivity contribution in [2.75, 3.05) is 6.54 Å². The normalized spacial score (nSPS) is 13.5. The number of carbonyl (C=O) groups excluding carboxylic acids is 2. The van der Waals surface area contributed by atoms with Crippen LogP contribution < -0.4 is 5.73 Å². The zero-order valence-corrected chi connectivity index (χ0v) is 13.0. The van der Waals surface area contributed by atoms with Crippen molar-refractivity contribution < 1.29 is 9.59 Å². The van der Waals surface area contributed by atoms with Crippen LogP contribution >= 0.6 is 0 Å². The van der Waals surface area contributed by atoms with Gasteiger partial charge in [-0.25, -0.2) is 0 Å². The summed E-state index contributed by atoms with van der Waals surface area (Å²) in [6.45, 7) is 4.80. The van der Waals surface area contributed by atoms with Gasteiger partial charge >= 0.3 is 0 Å². The van der Waals surface area contributed by atoms with Crippen LogP contribution in [0.5, 0.6) is 0 Å². The number of rotatable bonds is 3. The van der Waals surface area contributed by atoms with Crippen molar-refractivity contribution in [2.45, 2.75) is 13.0 Å². The molecule has 1 aliphatic rings. The number of hydrogen-bond acceptors (Lipinski definition) is 3. The largest absolute Gasteiger partial charge is 0.366 e. The molecule has 1 aromatic heterocycles. The van der Waals surface area contributed by atoms with E-state index in [0.29, 0.717) is 24.2 Å². The zero-order chi connectivity index (χ0) is 16.6. The van der Waals surface area contributed by atoms with Crippen LogP contribution in [0.1, 0.15) is 27.2 Å². The van der Waals surface area contributed by atoms with Gasteiger partial charge in [0.1, 0.15) is 0 Å². The molecule has 118 valence electrons. The lowest BCUT2D eigenvalue weighted by Gasteiger charge is -2.27. The second-order valence-corrected chi connectivity index (χ2v) is 5.64. The molecule has 0 fully saturated rings. The Labute approximate surface area is 134 Å². The molecule has 3 rings (SSSR count). The lowest BCUT2D eigenvalue weighted by Crippen LogP contribution is -2.36. The van der Waals surface area contributed by atoms with Crippen LogP contribution in [0.4, 0.5) is 0 Å². The molecule has 1 aliphatic heterocycles. The smallest absolute Gasteiger partial charge is 0.254 e. The molecule has 0 aliphatic carbocycles. The van der Waals surface area contributed by atoms with E-state index in [0.717, 1.165) is 17.7 Å². The van der Waals surface area contributed by atoms with Crippen molar-refractivity contribution >= 4 is 17.4 Å².